The Morgan fingerprint density at radius 1 is 1.12 bits per heavy atom. The van der Waals surface area contributed by atoms with E-state index in [0.717, 1.165) is 14.9 Å². The van der Waals surface area contributed by atoms with E-state index in [1.807, 2.05) is 12.1 Å². The monoisotopic (exact) mass is 444 g/mol. The normalized spacial score (nSPS) is 10.9. The highest BCUT2D eigenvalue weighted by molar-refractivity contribution is 14.1. The van der Waals surface area contributed by atoms with Crippen LogP contribution in [0.2, 0.25) is 0 Å². The van der Waals surface area contributed by atoms with Crippen LogP contribution in [-0.2, 0) is 4.74 Å². The van der Waals surface area contributed by atoms with E-state index in [1.54, 1.807) is 7.11 Å². The van der Waals surface area contributed by atoms with E-state index < -0.39 is 0 Å². The number of anilines is 2. The van der Waals surface area contributed by atoms with Crippen molar-refractivity contribution in [2.75, 3.05) is 31.8 Å². The van der Waals surface area contributed by atoms with Gasteiger partial charge in [-0.25, -0.2) is 4.98 Å². The second kappa shape index (κ2) is 8.34. The first kappa shape index (κ1) is 18.5. The Morgan fingerprint density at radius 3 is 2.50 bits per heavy atom. The van der Waals surface area contributed by atoms with Gasteiger partial charge in [-0.1, -0.05) is 13.8 Å². The molecule has 130 valence electrons. The maximum atomic E-state index is 5.93. The standard InChI is InChI=1S/C16H21IN4O3/c1-9(2)10-6-13(23-5-4-22-3)11(17)7-12(10)24-14-8-20-16(19)21-15(14)18/h6-9H,4-5H2,1-3H3,(H4,18,19,20,21). The van der Waals surface area contributed by atoms with E-state index in [0.29, 0.717) is 24.7 Å². The van der Waals surface area contributed by atoms with Crippen LogP contribution in [0, 0.1) is 3.57 Å². The number of benzene rings is 1. The van der Waals surface area contributed by atoms with Crippen molar-refractivity contribution in [2.24, 2.45) is 0 Å². The molecule has 0 saturated carbocycles. The predicted molar refractivity (Wildman–Crippen MR) is 102 cm³/mol. The van der Waals surface area contributed by atoms with Crippen molar-refractivity contribution in [1.29, 1.82) is 0 Å². The molecular weight excluding hydrogens is 423 g/mol. The van der Waals surface area contributed by atoms with Crippen LogP contribution in [0.5, 0.6) is 17.2 Å². The summed E-state index contributed by atoms with van der Waals surface area (Å²) in [6.07, 6.45) is 1.47. The maximum absolute atomic E-state index is 5.93. The van der Waals surface area contributed by atoms with E-state index >= 15 is 0 Å². The van der Waals surface area contributed by atoms with Crippen molar-refractivity contribution in [3.05, 3.63) is 27.5 Å². The Morgan fingerprint density at radius 2 is 1.88 bits per heavy atom. The van der Waals surface area contributed by atoms with Crippen molar-refractivity contribution in [2.45, 2.75) is 19.8 Å². The molecule has 0 radical (unpaired) electrons. The fourth-order valence-electron chi connectivity index (χ4n) is 2.03. The highest BCUT2D eigenvalue weighted by Gasteiger charge is 2.16. The van der Waals surface area contributed by atoms with E-state index in [-0.39, 0.29) is 17.7 Å². The number of methoxy groups -OCH3 is 1. The van der Waals surface area contributed by atoms with Crippen LogP contribution in [-0.4, -0.2) is 30.3 Å². The van der Waals surface area contributed by atoms with Crippen molar-refractivity contribution < 1.29 is 14.2 Å². The lowest BCUT2D eigenvalue weighted by molar-refractivity contribution is 0.146. The number of hydrogen-bond donors (Lipinski definition) is 2. The summed E-state index contributed by atoms with van der Waals surface area (Å²) < 4.78 is 17.6. The van der Waals surface area contributed by atoms with Gasteiger partial charge in [-0.05, 0) is 40.6 Å². The quantitative estimate of drug-likeness (QED) is 0.499. The van der Waals surface area contributed by atoms with Gasteiger partial charge in [0, 0.05) is 12.7 Å². The molecule has 2 aromatic rings. The van der Waals surface area contributed by atoms with Crippen LogP contribution < -0.4 is 20.9 Å². The molecule has 1 aromatic heterocycles. The largest absolute Gasteiger partial charge is 0.490 e. The summed E-state index contributed by atoms with van der Waals surface area (Å²) in [6.45, 7) is 5.18. The molecule has 24 heavy (non-hydrogen) atoms. The van der Waals surface area contributed by atoms with Crippen molar-refractivity contribution >= 4 is 34.4 Å². The van der Waals surface area contributed by atoms with Gasteiger partial charge < -0.3 is 25.7 Å². The Balaban J connectivity index is 2.33. The topological polar surface area (TPSA) is 106 Å². The third-order valence-electron chi connectivity index (χ3n) is 3.25. The summed E-state index contributed by atoms with van der Waals surface area (Å²) in [4.78, 5) is 7.83. The Kier molecular flexibility index (Phi) is 6.44. The summed E-state index contributed by atoms with van der Waals surface area (Å²) in [5.41, 5.74) is 12.4. The Hall–Kier alpha value is -1.81. The number of hydrogen-bond acceptors (Lipinski definition) is 7. The molecule has 0 saturated heterocycles. The molecule has 0 amide bonds. The molecule has 0 unspecified atom stereocenters. The van der Waals surface area contributed by atoms with E-state index in [4.69, 9.17) is 25.7 Å². The smallest absolute Gasteiger partial charge is 0.222 e. The zero-order valence-electron chi connectivity index (χ0n) is 13.9. The van der Waals surface area contributed by atoms with Gasteiger partial charge in [-0.15, -0.1) is 0 Å². The highest BCUT2D eigenvalue weighted by Crippen LogP contribution is 2.37. The van der Waals surface area contributed by atoms with Crippen LogP contribution in [0.25, 0.3) is 0 Å². The summed E-state index contributed by atoms with van der Waals surface area (Å²) >= 11 is 2.21. The van der Waals surface area contributed by atoms with Crippen LogP contribution in [0.1, 0.15) is 25.3 Å². The molecule has 1 heterocycles. The average Bonchev–Trinajstić information content (AvgIpc) is 2.52. The summed E-state index contributed by atoms with van der Waals surface area (Å²) in [6, 6.07) is 3.89. The fraction of sp³-hybridized carbons (Fsp3) is 0.375. The Bertz CT molecular complexity index is 710. The van der Waals surface area contributed by atoms with Crippen LogP contribution in [0.3, 0.4) is 0 Å². The molecule has 1 aromatic carbocycles. The summed E-state index contributed by atoms with van der Waals surface area (Å²) in [5.74, 6) is 2.40. The maximum Gasteiger partial charge on any atom is 0.222 e. The minimum absolute atomic E-state index is 0.111. The number of halogens is 1. The molecule has 0 aliphatic rings. The highest BCUT2D eigenvalue weighted by atomic mass is 127. The van der Waals surface area contributed by atoms with E-state index in [1.165, 1.54) is 6.20 Å². The molecule has 0 fully saturated rings. The van der Waals surface area contributed by atoms with Gasteiger partial charge in [0.1, 0.15) is 18.1 Å². The van der Waals surface area contributed by atoms with Crippen molar-refractivity contribution in [1.82, 2.24) is 9.97 Å². The first-order valence-electron chi connectivity index (χ1n) is 7.43. The molecule has 0 aliphatic heterocycles. The summed E-state index contributed by atoms with van der Waals surface area (Å²) in [7, 11) is 1.64. The van der Waals surface area contributed by atoms with Crippen molar-refractivity contribution in [3.8, 4) is 17.2 Å². The van der Waals surface area contributed by atoms with Crippen LogP contribution in [0.4, 0.5) is 11.8 Å². The molecule has 8 heteroatoms. The molecule has 2 rings (SSSR count). The van der Waals surface area contributed by atoms with Crippen molar-refractivity contribution in [3.63, 3.8) is 0 Å². The number of aromatic nitrogens is 2. The number of ether oxygens (including phenoxy) is 3. The zero-order chi connectivity index (χ0) is 17.7. The third kappa shape index (κ3) is 4.60. The molecule has 4 N–H and O–H groups in total. The van der Waals surface area contributed by atoms with E-state index in [2.05, 4.69) is 46.4 Å². The average molecular weight is 444 g/mol. The number of nitrogens with zero attached hydrogens (tertiary/aromatic N) is 2. The molecular formula is C16H21IN4O3. The fourth-order valence-corrected chi connectivity index (χ4v) is 2.63. The second-order valence-electron chi connectivity index (χ2n) is 5.40. The van der Waals surface area contributed by atoms with Crippen LogP contribution in [0.15, 0.2) is 18.3 Å². The lowest BCUT2D eigenvalue weighted by Gasteiger charge is -2.17. The number of nitrogen functional groups attached to an aromatic ring is 2. The molecule has 7 nitrogen and oxygen atoms in total. The first-order chi connectivity index (χ1) is 11.4. The molecule has 0 aliphatic carbocycles. The van der Waals surface area contributed by atoms with Crippen LogP contribution >= 0.6 is 22.6 Å². The lowest BCUT2D eigenvalue weighted by atomic mass is 10.0. The minimum Gasteiger partial charge on any atom is -0.490 e. The second-order valence-corrected chi connectivity index (χ2v) is 6.56. The lowest BCUT2D eigenvalue weighted by Crippen LogP contribution is -2.07. The zero-order valence-corrected chi connectivity index (χ0v) is 16.0. The van der Waals surface area contributed by atoms with E-state index in [9.17, 15) is 0 Å². The summed E-state index contributed by atoms with van der Waals surface area (Å²) in [5, 5.41) is 0. The van der Waals surface area contributed by atoms with Gasteiger partial charge >= 0.3 is 0 Å². The number of nitrogens with two attached hydrogens (primary N) is 2. The first-order valence-corrected chi connectivity index (χ1v) is 8.51. The van der Waals surface area contributed by atoms with Gasteiger partial charge in [-0.3, -0.25) is 0 Å². The Labute approximate surface area is 154 Å². The minimum atomic E-state index is 0.111. The molecule has 0 spiro atoms. The third-order valence-corrected chi connectivity index (χ3v) is 4.10. The predicted octanol–water partition coefficient (Wildman–Crippen LogP) is 3.19. The van der Waals surface area contributed by atoms with Gasteiger partial charge in [-0.2, -0.15) is 4.98 Å². The molecule has 0 bridgehead atoms. The SMILES string of the molecule is COCCOc1cc(C(C)C)c(Oc2cnc(N)nc2N)cc1I. The molecule has 0 atom stereocenters. The van der Waals surface area contributed by atoms with Gasteiger partial charge in [0.2, 0.25) is 5.95 Å². The number of rotatable bonds is 7. The van der Waals surface area contributed by atoms with Gasteiger partial charge in [0.05, 0.1) is 16.4 Å². The van der Waals surface area contributed by atoms with Gasteiger partial charge in [0.15, 0.2) is 11.6 Å². The van der Waals surface area contributed by atoms with Gasteiger partial charge in [0.25, 0.3) is 0 Å².